The minimum atomic E-state index is -1.22. The Kier molecular flexibility index (Phi) is 19.1. The van der Waals surface area contributed by atoms with Crippen molar-refractivity contribution >= 4 is 23.9 Å². The Balaban J connectivity index is 2.59. The van der Waals surface area contributed by atoms with Crippen LogP contribution in [0, 0.1) is 23.7 Å². The van der Waals surface area contributed by atoms with E-state index in [4.69, 9.17) is 14.6 Å². The number of allylic oxidation sites excluding steroid dienone is 6. The lowest BCUT2D eigenvalue weighted by Gasteiger charge is -2.33. The van der Waals surface area contributed by atoms with Gasteiger partial charge in [-0.15, -0.1) is 0 Å². The van der Waals surface area contributed by atoms with Crippen LogP contribution in [0.1, 0.15) is 106 Å². The number of aliphatic hydroxyl groups excluding tert-OH is 2. The topological polar surface area (TPSA) is 168 Å². The summed E-state index contributed by atoms with van der Waals surface area (Å²) in [7, 11) is 0. The Morgan fingerprint density at radius 3 is 1.80 bits per heavy atom. The smallest absolute Gasteiger partial charge is 0.331 e. The quantitative estimate of drug-likeness (QED) is 0.0435. The second kappa shape index (κ2) is 21.5. The number of carboxylic acid groups (broad SMARTS) is 2. The minimum absolute atomic E-state index is 0.164. The van der Waals surface area contributed by atoms with Crippen LogP contribution in [0.25, 0.3) is 0 Å². The molecule has 0 amide bonds. The number of hydrogen-bond acceptors (Lipinski definition) is 8. The van der Waals surface area contributed by atoms with Crippen LogP contribution in [-0.2, 0) is 28.7 Å². The number of esters is 2. The Morgan fingerprint density at radius 1 is 0.804 bits per heavy atom. The summed E-state index contributed by atoms with van der Waals surface area (Å²) in [4.78, 5) is 46.6. The molecule has 0 aromatic heterocycles. The van der Waals surface area contributed by atoms with Gasteiger partial charge in [0.15, 0.2) is 0 Å². The minimum Gasteiger partial charge on any atom is -0.481 e. The zero-order chi connectivity index (χ0) is 34.8. The van der Waals surface area contributed by atoms with Gasteiger partial charge in [-0.2, -0.15) is 0 Å². The number of unbranched alkanes of at least 4 members (excludes halogenated alkanes) is 2. The third kappa shape index (κ3) is 16.4. The maximum atomic E-state index is 12.8. The average Bonchev–Trinajstić information content (AvgIpc) is 2.91. The van der Waals surface area contributed by atoms with Crippen LogP contribution >= 0.6 is 0 Å². The molecule has 0 saturated carbocycles. The van der Waals surface area contributed by atoms with Gasteiger partial charge < -0.3 is 29.9 Å². The van der Waals surface area contributed by atoms with Gasteiger partial charge in [-0.25, -0.2) is 9.59 Å². The number of carbonyl (C=O) groups excluding carboxylic acids is 2. The van der Waals surface area contributed by atoms with Crippen molar-refractivity contribution in [3.05, 3.63) is 46.6 Å². The van der Waals surface area contributed by atoms with E-state index in [9.17, 15) is 34.5 Å². The van der Waals surface area contributed by atoms with E-state index in [1.807, 2.05) is 26.0 Å². The first kappa shape index (κ1) is 40.8. The predicted molar refractivity (Wildman–Crippen MR) is 176 cm³/mol. The van der Waals surface area contributed by atoms with Crippen LogP contribution in [0.15, 0.2) is 46.6 Å². The molecule has 0 aromatic rings. The van der Waals surface area contributed by atoms with Crippen molar-refractivity contribution < 1.29 is 49.1 Å². The van der Waals surface area contributed by atoms with E-state index in [2.05, 4.69) is 13.8 Å². The second-order valence-corrected chi connectivity index (χ2v) is 13.2. The second-order valence-electron chi connectivity index (χ2n) is 13.2. The van der Waals surface area contributed by atoms with Crippen molar-refractivity contribution in [1.29, 1.82) is 0 Å². The van der Waals surface area contributed by atoms with E-state index >= 15 is 0 Å². The SMILES string of the molecule is CC(=CC(=O)O)C=C(C)CC(C)CCCCC(OC(=O)C=C(C)C=C(C)CC(C)CCCCC1OC(=O)C1CO)C(CO)C(=O)O. The number of aliphatic carboxylic acids is 2. The number of aliphatic hydroxyl groups is 2. The summed E-state index contributed by atoms with van der Waals surface area (Å²) in [5.74, 6) is -4.00. The Hall–Kier alpha value is -3.24. The monoisotopic (exact) mass is 648 g/mol. The Labute approximate surface area is 274 Å². The van der Waals surface area contributed by atoms with Crippen LogP contribution in [0.5, 0.6) is 0 Å². The molecule has 0 bridgehead atoms. The largest absolute Gasteiger partial charge is 0.481 e. The molecule has 260 valence electrons. The molecule has 1 aliphatic rings. The lowest BCUT2D eigenvalue weighted by molar-refractivity contribution is -0.189. The molecule has 1 saturated heterocycles. The van der Waals surface area contributed by atoms with Crippen LogP contribution in [0.2, 0.25) is 0 Å². The maximum absolute atomic E-state index is 12.8. The summed E-state index contributed by atoms with van der Waals surface area (Å²) in [6.07, 6.45) is 13.1. The van der Waals surface area contributed by atoms with Crippen molar-refractivity contribution in [3.8, 4) is 0 Å². The third-order valence-corrected chi connectivity index (χ3v) is 8.30. The molecular formula is C36H56O10. The first-order valence-corrected chi connectivity index (χ1v) is 16.5. The van der Waals surface area contributed by atoms with Crippen molar-refractivity contribution in [2.45, 2.75) is 118 Å². The summed E-state index contributed by atoms with van der Waals surface area (Å²) in [5.41, 5.74) is 3.55. The lowest BCUT2D eigenvalue weighted by atomic mass is 9.91. The fourth-order valence-corrected chi connectivity index (χ4v) is 6.07. The van der Waals surface area contributed by atoms with Crippen LogP contribution in [0.3, 0.4) is 0 Å². The number of carboxylic acids is 2. The highest BCUT2D eigenvalue weighted by molar-refractivity contribution is 5.84. The van der Waals surface area contributed by atoms with Gasteiger partial charge in [-0.3, -0.25) is 9.59 Å². The number of rotatable bonds is 23. The van der Waals surface area contributed by atoms with Crippen molar-refractivity contribution in [2.75, 3.05) is 13.2 Å². The van der Waals surface area contributed by atoms with Gasteiger partial charge >= 0.3 is 23.9 Å². The fraction of sp³-hybridized carbons (Fsp3) is 0.667. The highest BCUT2D eigenvalue weighted by Gasteiger charge is 2.41. The van der Waals surface area contributed by atoms with E-state index in [1.165, 1.54) is 12.2 Å². The molecule has 6 unspecified atom stereocenters. The summed E-state index contributed by atoms with van der Waals surface area (Å²) in [5, 5.41) is 37.4. The van der Waals surface area contributed by atoms with Crippen LogP contribution in [-0.4, -0.2) is 69.7 Å². The lowest BCUT2D eigenvalue weighted by Crippen LogP contribution is -2.47. The number of carbonyl (C=O) groups is 4. The van der Waals surface area contributed by atoms with Gasteiger partial charge in [0.2, 0.25) is 0 Å². The van der Waals surface area contributed by atoms with Gasteiger partial charge in [-0.1, -0.05) is 62.8 Å². The molecule has 1 rings (SSSR count). The molecule has 1 fully saturated rings. The van der Waals surface area contributed by atoms with E-state index in [-0.39, 0.29) is 24.6 Å². The zero-order valence-electron chi connectivity index (χ0n) is 28.5. The summed E-state index contributed by atoms with van der Waals surface area (Å²) >= 11 is 0. The molecule has 0 spiro atoms. The number of hydrogen-bond donors (Lipinski definition) is 4. The van der Waals surface area contributed by atoms with E-state index in [1.54, 1.807) is 13.8 Å². The highest BCUT2D eigenvalue weighted by Crippen LogP contribution is 2.28. The van der Waals surface area contributed by atoms with Crippen LogP contribution in [0.4, 0.5) is 0 Å². The standard InChI is InChI=1S/C36H56O10/c1-23(15-25(3)17-27(5)19-33(39)40)11-7-9-13-31(29(21-37)35(42)43)45-34(41)20-28(6)18-26(4)16-24(2)12-8-10-14-32-30(22-38)36(44)46-32/h17-20,23-24,29-32,37-38H,7-16,21-22H2,1-6H3,(H,39,40)(H,42,43). The molecule has 10 nitrogen and oxygen atoms in total. The van der Waals surface area contributed by atoms with E-state index in [0.29, 0.717) is 35.8 Å². The number of ether oxygens (including phenoxy) is 2. The first-order chi connectivity index (χ1) is 21.7. The van der Waals surface area contributed by atoms with Gasteiger partial charge in [0.25, 0.3) is 0 Å². The summed E-state index contributed by atoms with van der Waals surface area (Å²) < 4.78 is 10.7. The van der Waals surface area contributed by atoms with Gasteiger partial charge in [0.1, 0.15) is 24.0 Å². The molecule has 0 radical (unpaired) electrons. The fourth-order valence-electron chi connectivity index (χ4n) is 6.07. The Morgan fingerprint density at radius 2 is 1.33 bits per heavy atom. The highest BCUT2D eigenvalue weighted by atomic mass is 16.6. The molecular weight excluding hydrogens is 592 g/mol. The van der Waals surface area contributed by atoms with E-state index < -0.39 is 36.5 Å². The summed E-state index contributed by atoms with van der Waals surface area (Å²) in [6, 6.07) is 0. The van der Waals surface area contributed by atoms with Crippen LogP contribution < -0.4 is 0 Å². The zero-order valence-corrected chi connectivity index (χ0v) is 28.5. The molecule has 6 atom stereocenters. The normalized spacial score (nSPS) is 20.3. The van der Waals surface area contributed by atoms with Gasteiger partial charge in [-0.05, 0) is 89.2 Å². The maximum Gasteiger partial charge on any atom is 0.331 e. The van der Waals surface area contributed by atoms with Crippen molar-refractivity contribution in [1.82, 2.24) is 0 Å². The van der Waals surface area contributed by atoms with Gasteiger partial charge in [0, 0.05) is 12.2 Å². The average molecular weight is 649 g/mol. The molecule has 1 aliphatic heterocycles. The molecule has 0 aromatic carbocycles. The molecule has 10 heteroatoms. The first-order valence-electron chi connectivity index (χ1n) is 16.5. The van der Waals surface area contributed by atoms with Crippen molar-refractivity contribution in [3.63, 3.8) is 0 Å². The molecule has 4 N–H and O–H groups in total. The molecule has 46 heavy (non-hydrogen) atoms. The third-order valence-electron chi connectivity index (χ3n) is 8.30. The Bertz CT molecular complexity index is 1130. The summed E-state index contributed by atoms with van der Waals surface area (Å²) in [6.45, 7) is 11.0. The van der Waals surface area contributed by atoms with E-state index in [0.717, 1.165) is 62.5 Å². The van der Waals surface area contributed by atoms with Crippen molar-refractivity contribution in [2.24, 2.45) is 23.7 Å². The van der Waals surface area contributed by atoms with Gasteiger partial charge in [0.05, 0.1) is 13.2 Å². The predicted octanol–water partition coefficient (Wildman–Crippen LogP) is 6.17. The number of cyclic esters (lactones) is 1. The molecule has 1 heterocycles. The molecule has 0 aliphatic carbocycles.